The molecule has 2 atom stereocenters. The first-order chi connectivity index (χ1) is 12.8. The maximum absolute atomic E-state index is 12.7. The standard InChI is InChI=1S/C21H33NO5/c1-7-13-26-21(6,9-3)20(24)22-16-11-12-18(27-15(5)8-2)17(14-16)19(23)25-10-4/h11-12,14-15H,7-10,13H2,1-6H3,(H,22,24)/t15-,21-/m1/s1. The Bertz CT molecular complexity index is 631. The number of esters is 1. The molecule has 1 rings (SSSR count). The molecule has 0 saturated heterocycles. The van der Waals surface area contributed by atoms with Crippen LogP contribution in [0.25, 0.3) is 0 Å². The average molecular weight is 379 g/mol. The van der Waals surface area contributed by atoms with E-state index in [0.717, 1.165) is 12.8 Å². The highest BCUT2D eigenvalue weighted by Crippen LogP contribution is 2.27. The highest BCUT2D eigenvalue weighted by atomic mass is 16.5. The SMILES string of the molecule is CCCO[C@](C)(CC)C(=O)Nc1ccc(O[C@H](C)CC)c(C(=O)OCC)c1. The van der Waals surface area contributed by atoms with E-state index in [-0.39, 0.29) is 18.6 Å². The van der Waals surface area contributed by atoms with E-state index < -0.39 is 11.6 Å². The van der Waals surface area contributed by atoms with Crippen molar-refractivity contribution in [3.8, 4) is 5.75 Å². The molecule has 1 amide bonds. The second-order valence-electron chi connectivity index (χ2n) is 6.66. The summed E-state index contributed by atoms with van der Waals surface area (Å²) in [5, 5.41) is 2.85. The van der Waals surface area contributed by atoms with Crippen LogP contribution in [-0.4, -0.2) is 36.8 Å². The van der Waals surface area contributed by atoms with Crippen LogP contribution in [0, 0.1) is 0 Å². The molecule has 27 heavy (non-hydrogen) atoms. The van der Waals surface area contributed by atoms with E-state index in [9.17, 15) is 9.59 Å². The molecule has 1 aromatic rings. The lowest BCUT2D eigenvalue weighted by atomic mass is 10.0. The third-order valence-corrected chi connectivity index (χ3v) is 4.42. The van der Waals surface area contributed by atoms with Gasteiger partial charge in [0, 0.05) is 12.3 Å². The Kier molecular flexibility index (Phi) is 9.29. The lowest BCUT2D eigenvalue weighted by Crippen LogP contribution is -2.42. The molecule has 0 saturated carbocycles. The molecule has 0 heterocycles. The fraction of sp³-hybridized carbons (Fsp3) is 0.619. The van der Waals surface area contributed by atoms with Gasteiger partial charge in [0.1, 0.15) is 16.9 Å². The second-order valence-corrected chi connectivity index (χ2v) is 6.66. The zero-order chi connectivity index (χ0) is 20.4. The molecule has 152 valence electrons. The van der Waals surface area contributed by atoms with Gasteiger partial charge in [0.05, 0.1) is 12.7 Å². The van der Waals surface area contributed by atoms with E-state index in [1.807, 2.05) is 27.7 Å². The highest BCUT2D eigenvalue weighted by Gasteiger charge is 2.32. The zero-order valence-electron chi connectivity index (χ0n) is 17.4. The molecule has 6 heteroatoms. The summed E-state index contributed by atoms with van der Waals surface area (Å²) in [6.45, 7) is 12.1. The van der Waals surface area contributed by atoms with Gasteiger partial charge in [-0.1, -0.05) is 20.8 Å². The predicted octanol–water partition coefficient (Wildman–Crippen LogP) is 4.57. The van der Waals surface area contributed by atoms with Crippen LogP contribution in [0.5, 0.6) is 5.75 Å². The van der Waals surface area contributed by atoms with Crippen LogP contribution in [0.4, 0.5) is 5.69 Å². The number of carbonyl (C=O) groups is 2. The molecular weight excluding hydrogens is 346 g/mol. The van der Waals surface area contributed by atoms with Gasteiger partial charge in [0.15, 0.2) is 0 Å². The van der Waals surface area contributed by atoms with Crippen molar-refractivity contribution in [1.82, 2.24) is 0 Å². The lowest BCUT2D eigenvalue weighted by molar-refractivity contribution is -0.139. The monoisotopic (exact) mass is 379 g/mol. The van der Waals surface area contributed by atoms with E-state index in [0.29, 0.717) is 30.0 Å². The topological polar surface area (TPSA) is 73.9 Å². The van der Waals surface area contributed by atoms with Crippen molar-refractivity contribution in [2.75, 3.05) is 18.5 Å². The van der Waals surface area contributed by atoms with Crippen LogP contribution in [0.3, 0.4) is 0 Å². The maximum Gasteiger partial charge on any atom is 0.341 e. The number of hydrogen-bond donors (Lipinski definition) is 1. The number of rotatable bonds is 11. The van der Waals surface area contributed by atoms with Crippen molar-refractivity contribution in [1.29, 1.82) is 0 Å². The van der Waals surface area contributed by atoms with Gasteiger partial charge in [-0.2, -0.15) is 0 Å². The zero-order valence-corrected chi connectivity index (χ0v) is 17.4. The first kappa shape index (κ1) is 23.0. The number of ether oxygens (including phenoxy) is 3. The van der Waals surface area contributed by atoms with Crippen molar-refractivity contribution in [2.45, 2.75) is 72.5 Å². The minimum absolute atomic E-state index is 0.0376. The summed E-state index contributed by atoms with van der Waals surface area (Å²) in [7, 11) is 0. The fourth-order valence-corrected chi connectivity index (χ4v) is 2.30. The third kappa shape index (κ3) is 6.54. The van der Waals surface area contributed by atoms with E-state index in [1.165, 1.54) is 0 Å². The molecule has 0 aromatic heterocycles. The van der Waals surface area contributed by atoms with Gasteiger partial charge in [0.2, 0.25) is 0 Å². The van der Waals surface area contributed by atoms with Crippen LogP contribution in [0.1, 0.15) is 71.2 Å². The van der Waals surface area contributed by atoms with Crippen LogP contribution < -0.4 is 10.1 Å². The molecule has 0 unspecified atom stereocenters. The molecule has 0 aliphatic rings. The van der Waals surface area contributed by atoms with E-state index in [4.69, 9.17) is 14.2 Å². The minimum atomic E-state index is -0.925. The normalized spacial score (nSPS) is 14.1. The molecule has 0 aliphatic heterocycles. The summed E-state index contributed by atoms with van der Waals surface area (Å²) in [4.78, 5) is 25.0. The number of carbonyl (C=O) groups excluding carboxylic acids is 2. The Morgan fingerprint density at radius 3 is 2.44 bits per heavy atom. The predicted molar refractivity (Wildman–Crippen MR) is 106 cm³/mol. The Balaban J connectivity index is 3.09. The van der Waals surface area contributed by atoms with Crippen molar-refractivity contribution in [3.63, 3.8) is 0 Å². The van der Waals surface area contributed by atoms with Gasteiger partial charge in [-0.3, -0.25) is 4.79 Å². The molecule has 0 aliphatic carbocycles. The first-order valence-electron chi connectivity index (χ1n) is 9.74. The van der Waals surface area contributed by atoms with Crippen molar-refractivity contribution < 1.29 is 23.8 Å². The van der Waals surface area contributed by atoms with E-state index >= 15 is 0 Å². The largest absolute Gasteiger partial charge is 0.490 e. The second kappa shape index (κ2) is 10.9. The Morgan fingerprint density at radius 1 is 1.19 bits per heavy atom. The van der Waals surface area contributed by atoms with Gasteiger partial charge in [-0.15, -0.1) is 0 Å². The van der Waals surface area contributed by atoms with Crippen LogP contribution in [0.2, 0.25) is 0 Å². The number of benzene rings is 1. The number of amides is 1. The van der Waals surface area contributed by atoms with Crippen molar-refractivity contribution in [2.24, 2.45) is 0 Å². The first-order valence-corrected chi connectivity index (χ1v) is 9.74. The summed E-state index contributed by atoms with van der Waals surface area (Å²) in [5.74, 6) is -0.280. The van der Waals surface area contributed by atoms with E-state index in [2.05, 4.69) is 5.32 Å². The average Bonchev–Trinajstić information content (AvgIpc) is 2.67. The van der Waals surface area contributed by atoms with Crippen LogP contribution >= 0.6 is 0 Å². The summed E-state index contributed by atoms with van der Waals surface area (Å²) in [5.41, 5.74) is -0.131. The van der Waals surface area contributed by atoms with Crippen LogP contribution in [-0.2, 0) is 14.3 Å². The Labute approximate surface area is 162 Å². The van der Waals surface area contributed by atoms with Gasteiger partial charge in [-0.25, -0.2) is 4.79 Å². The maximum atomic E-state index is 12.7. The summed E-state index contributed by atoms with van der Waals surface area (Å²) in [6.07, 6.45) is 2.14. The van der Waals surface area contributed by atoms with Crippen molar-refractivity contribution in [3.05, 3.63) is 23.8 Å². The lowest BCUT2D eigenvalue weighted by Gasteiger charge is -2.27. The molecule has 6 nitrogen and oxygen atoms in total. The molecule has 0 fully saturated rings. The smallest absolute Gasteiger partial charge is 0.341 e. The minimum Gasteiger partial charge on any atom is -0.490 e. The molecule has 1 aromatic carbocycles. The van der Waals surface area contributed by atoms with Crippen LogP contribution in [0.15, 0.2) is 18.2 Å². The number of hydrogen-bond acceptors (Lipinski definition) is 5. The molecule has 0 radical (unpaired) electrons. The van der Waals surface area contributed by atoms with Gasteiger partial charge in [-0.05, 0) is 58.2 Å². The highest BCUT2D eigenvalue weighted by molar-refractivity contribution is 5.99. The molecule has 1 N–H and O–H groups in total. The summed E-state index contributed by atoms with van der Waals surface area (Å²) >= 11 is 0. The number of nitrogens with one attached hydrogen (secondary N) is 1. The molecule has 0 bridgehead atoms. The van der Waals surface area contributed by atoms with Gasteiger partial charge >= 0.3 is 5.97 Å². The fourth-order valence-electron chi connectivity index (χ4n) is 2.30. The van der Waals surface area contributed by atoms with Crippen molar-refractivity contribution >= 4 is 17.6 Å². The quantitative estimate of drug-likeness (QED) is 0.570. The van der Waals surface area contributed by atoms with Gasteiger partial charge in [0.25, 0.3) is 5.91 Å². The Hall–Kier alpha value is -2.08. The summed E-state index contributed by atoms with van der Waals surface area (Å²) < 4.78 is 16.7. The molecular formula is C21H33NO5. The Morgan fingerprint density at radius 2 is 1.89 bits per heavy atom. The van der Waals surface area contributed by atoms with E-state index in [1.54, 1.807) is 32.0 Å². The van der Waals surface area contributed by atoms with Gasteiger partial charge < -0.3 is 19.5 Å². The third-order valence-electron chi connectivity index (χ3n) is 4.42. The summed E-state index contributed by atoms with van der Waals surface area (Å²) in [6, 6.07) is 4.99. The number of anilines is 1. The molecule has 0 spiro atoms.